The van der Waals surface area contributed by atoms with Gasteiger partial charge < -0.3 is 19.7 Å². The van der Waals surface area contributed by atoms with Gasteiger partial charge in [0.15, 0.2) is 11.5 Å². The Morgan fingerprint density at radius 1 is 1.32 bits per heavy atom. The van der Waals surface area contributed by atoms with E-state index in [1.54, 1.807) is 6.07 Å². The molecule has 3 rings (SSSR count). The molecule has 1 aromatic rings. The second kappa shape index (κ2) is 5.09. The summed E-state index contributed by atoms with van der Waals surface area (Å²) in [4.78, 5) is 14.4. The molecule has 1 N–H and O–H groups in total. The van der Waals surface area contributed by atoms with Crippen LogP contribution in [0.15, 0.2) is 18.2 Å². The largest absolute Gasteiger partial charge is 0.486 e. The summed E-state index contributed by atoms with van der Waals surface area (Å²) >= 11 is 0. The summed E-state index contributed by atoms with van der Waals surface area (Å²) in [6, 6.07) is 5.62. The molecule has 1 atom stereocenters. The molecule has 1 fully saturated rings. The molecule has 2 heterocycles. The molecule has 0 spiro atoms. The van der Waals surface area contributed by atoms with Gasteiger partial charge in [0.1, 0.15) is 13.2 Å². The summed E-state index contributed by atoms with van der Waals surface area (Å²) < 4.78 is 11.0. The Kier molecular flexibility index (Phi) is 3.29. The third-order valence-electron chi connectivity index (χ3n) is 3.55. The van der Waals surface area contributed by atoms with Crippen molar-refractivity contribution in [3.8, 4) is 11.5 Å². The summed E-state index contributed by atoms with van der Waals surface area (Å²) in [5.41, 5.74) is 0.665. The van der Waals surface area contributed by atoms with E-state index in [9.17, 15) is 4.79 Å². The van der Waals surface area contributed by atoms with Crippen LogP contribution in [0.4, 0.5) is 0 Å². The van der Waals surface area contributed by atoms with Crippen molar-refractivity contribution in [1.29, 1.82) is 0 Å². The Balaban J connectivity index is 1.83. The summed E-state index contributed by atoms with van der Waals surface area (Å²) in [6.07, 6.45) is 0. The molecule has 19 heavy (non-hydrogen) atoms. The first-order valence-corrected chi connectivity index (χ1v) is 6.67. The Morgan fingerprint density at radius 3 is 2.89 bits per heavy atom. The normalized spacial score (nSPS) is 22.2. The van der Waals surface area contributed by atoms with E-state index < -0.39 is 0 Å². The van der Waals surface area contributed by atoms with E-state index in [0.717, 1.165) is 25.4 Å². The number of ether oxygens (including phenoxy) is 2. The number of nitrogens with zero attached hydrogens (tertiary/aromatic N) is 1. The molecule has 2 aliphatic heterocycles. The van der Waals surface area contributed by atoms with E-state index in [0.29, 0.717) is 24.5 Å². The first kappa shape index (κ1) is 12.3. The number of amides is 1. The van der Waals surface area contributed by atoms with Crippen molar-refractivity contribution in [3.63, 3.8) is 0 Å². The molecule has 5 nitrogen and oxygen atoms in total. The molecular weight excluding hydrogens is 244 g/mol. The molecule has 0 saturated carbocycles. The topological polar surface area (TPSA) is 50.8 Å². The van der Waals surface area contributed by atoms with Crippen LogP contribution in [0.3, 0.4) is 0 Å². The van der Waals surface area contributed by atoms with Crippen LogP contribution in [0.1, 0.15) is 17.3 Å². The SMILES string of the molecule is C[C@@H]1CNCCN1C(=O)c1ccc2c(c1)OCCO2. The number of nitrogens with one attached hydrogen (secondary N) is 1. The van der Waals surface area contributed by atoms with E-state index in [1.807, 2.05) is 17.0 Å². The van der Waals surface area contributed by atoms with Crippen molar-refractivity contribution in [1.82, 2.24) is 10.2 Å². The van der Waals surface area contributed by atoms with Gasteiger partial charge in [-0.25, -0.2) is 0 Å². The molecule has 1 amide bonds. The van der Waals surface area contributed by atoms with Gasteiger partial charge >= 0.3 is 0 Å². The summed E-state index contributed by atoms with van der Waals surface area (Å²) in [5.74, 6) is 1.45. The number of benzene rings is 1. The average molecular weight is 262 g/mol. The number of rotatable bonds is 1. The minimum absolute atomic E-state index is 0.0611. The molecular formula is C14H18N2O3. The fraction of sp³-hybridized carbons (Fsp3) is 0.500. The van der Waals surface area contributed by atoms with Crippen molar-refractivity contribution in [3.05, 3.63) is 23.8 Å². The minimum Gasteiger partial charge on any atom is -0.486 e. The minimum atomic E-state index is 0.0611. The van der Waals surface area contributed by atoms with Crippen molar-refractivity contribution in [2.24, 2.45) is 0 Å². The van der Waals surface area contributed by atoms with Crippen LogP contribution >= 0.6 is 0 Å². The van der Waals surface area contributed by atoms with Gasteiger partial charge in [0.25, 0.3) is 5.91 Å². The second-order valence-electron chi connectivity index (χ2n) is 4.91. The van der Waals surface area contributed by atoms with E-state index in [2.05, 4.69) is 12.2 Å². The predicted molar refractivity (Wildman–Crippen MR) is 70.8 cm³/mol. The second-order valence-corrected chi connectivity index (χ2v) is 4.91. The first-order chi connectivity index (χ1) is 9.25. The van der Waals surface area contributed by atoms with Crippen LogP contribution in [0.5, 0.6) is 11.5 Å². The van der Waals surface area contributed by atoms with Crippen LogP contribution < -0.4 is 14.8 Å². The van der Waals surface area contributed by atoms with Crippen molar-refractivity contribution >= 4 is 5.91 Å². The molecule has 5 heteroatoms. The van der Waals surface area contributed by atoms with E-state index in [1.165, 1.54) is 0 Å². The van der Waals surface area contributed by atoms with Gasteiger partial charge in [0.2, 0.25) is 0 Å². The van der Waals surface area contributed by atoms with E-state index >= 15 is 0 Å². The molecule has 0 radical (unpaired) electrons. The zero-order valence-electron chi connectivity index (χ0n) is 11.0. The van der Waals surface area contributed by atoms with Gasteiger partial charge in [0, 0.05) is 31.2 Å². The number of fused-ring (bicyclic) bond motifs is 1. The fourth-order valence-electron chi connectivity index (χ4n) is 2.48. The van der Waals surface area contributed by atoms with Gasteiger partial charge in [-0.15, -0.1) is 0 Å². The molecule has 2 aliphatic rings. The highest BCUT2D eigenvalue weighted by atomic mass is 16.6. The highest BCUT2D eigenvalue weighted by Crippen LogP contribution is 2.31. The van der Waals surface area contributed by atoms with Crippen LogP contribution in [0.25, 0.3) is 0 Å². The number of piperazine rings is 1. The Hall–Kier alpha value is -1.75. The summed E-state index contributed by atoms with van der Waals surface area (Å²) in [6.45, 7) is 5.59. The smallest absolute Gasteiger partial charge is 0.254 e. The number of carbonyl (C=O) groups excluding carboxylic acids is 1. The lowest BCUT2D eigenvalue weighted by molar-refractivity contribution is 0.0654. The standard InChI is InChI=1S/C14H18N2O3/c1-10-9-15-4-5-16(10)14(17)11-2-3-12-13(8-11)19-7-6-18-12/h2-3,8,10,15H,4-7,9H2,1H3/t10-/m1/s1. The number of carbonyl (C=O) groups is 1. The maximum Gasteiger partial charge on any atom is 0.254 e. The van der Waals surface area contributed by atoms with Crippen LogP contribution in [-0.4, -0.2) is 49.7 Å². The van der Waals surface area contributed by atoms with Crippen LogP contribution in [0.2, 0.25) is 0 Å². The quantitative estimate of drug-likeness (QED) is 0.816. The lowest BCUT2D eigenvalue weighted by Crippen LogP contribution is -2.52. The molecule has 1 aromatic carbocycles. The highest BCUT2D eigenvalue weighted by Gasteiger charge is 2.25. The first-order valence-electron chi connectivity index (χ1n) is 6.67. The average Bonchev–Trinajstić information content (AvgIpc) is 2.46. The Bertz CT molecular complexity index is 490. The van der Waals surface area contributed by atoms with Crippen molar-refractivity contribution in [2.45, 2.75) is 13.0 Å². The van der Waals surface area contributed by atoms with E-state index in [4.69, 9.17) is 9.47 Å². The Morgan fingerprint density at radius 2 is 2.11 bits per heavy atom. The van der Waals surface area contributed by atoms with Gasteiger partial charge in [-0.2, -0.15) is 0 Å². The fourth-order valence-corrected chi connectivity index (χ4v) is 2.48. The zero-order valence-corrected chi connectivity index (χ0v) is 11.0. The van der Waals surface area contributed by atoms with Gasteiger partial charge in [-0.05, 0) is 25.1 Å². The van der Waals surface area contributed by atoms with Crippen molar-refractivity contribution in [2.75, 3.05) is 32.8 Å². The maximum atomic E-state index is 12.5. The number of hydrogen-bond acceptors (Lipinski definition) is 4. The lowest BCUT2D eigenvalue weighted by Gasteiger charge is -2.34. The van der Waals surface area contributed by atoms with E-state index in [-0.39, 0.29) is 11.9 Å². The van der Waals surface area contributed by atoms with Crippen LogP contribution in [-0.2, 0) is 0 Å². The highest BCUT2D eigenvalue weighted by molar-refractivity contribution is 5.95. The maximum absolute atomic E-state index is 12.5. The molecule has 0 aliphatic carbocycles. The Labute approximate surface area is 112 Å². The third-order valence-corrected chi connectivity index (χ3v) is 3.55. The molecule has 0 bridgehead atoms. The monoisotopic (exact) mass is 262 g/mol. The van der Waals surface area contributed by atoms with Gasteiger partial charge in [-0.1, -0.05) is 0 Å². The predicted octanol–water partition coefficient (Wildman–Crippen LogP) is 0.892. The molecule has 0 unspecified atom stereocenters. The zero-order chi connectivity index (χ0) is 13.2. The summed E-state index contributed by atoms with van der Waals surface area (Å²) in [5, 5.41) is 3.28. The number of hydrogen-bond donors (Lipinski definition) is 1. The molecule has 0 aromatic heterocycles. The lowest BCUT2D eigenvalue weighted by atomic mass is 10.1. The van der Waals surface area contributed by atoms with Crippen LogP contribution in [0, 0.1) is 0 Å². The van der Waals surface area contributed by atoms with Gasteiger partial charge in [0.05, 0.1) is 0 Å². The van der Waals surface area contributed by atoms with Gasteiger partial charge in [-0.3, -0.25) is 4.79 Å². The molecule has 1 saturated heterocycles. The molecule has 102 valence electrons. The third kappa shape index (κ3) is 2.38. The summed E-state index contributed by atoms with van der Waals surface area (Å²) in [7, 11) is 0. The van der Waals surface area contributed by atoms with Crippen molar-refractivity contribution < 1.29 is 14.3 Å².